The zero-order valence-electron chi connectivity index (χ0n) is 12.3. The molecule has 1 aliphatic heterocycles. The van der Waals surface area contributed by atoms with Crippen LogP contribution in [-0.2, 0) is 11.3 Å². The van der Waals surface area contributed by atoms with Crippen molar-refractivity contribution in [3.63, 3.8) is 0 Å². The van der Waals surface area contributed by atoms with Crippen molar-refractivity contribution in [1.82, 2.24) is 9.80 Å². The van der Waals surface area contributed by atoms with E-state index in [-0.39, 0.29) is 5.91 Å². The van der Waals surface area contributed by atoms with Crippen molar-refractivity contribution in [1.29, 1.82) is 0 Å². The molecule has 0 bridgehead atoms. The summed E-state index contributed by atoms with van der Waals surface area (Å²) in [4.78, 5) is 16.1. The number of likely N-dealkylation sites (N-methyl/N-ethyl adjacent to an activating group) is 1. The maximum Gasteiger partial charge on any atom is 0.298 e. The quantitative estimate of drug-likeness (QED) is 0.786. The molecule has 0 saturated carbocycles. The van der Waals surface area contributed by atoms with Gasteiger partial charge in [0.1, 0.15) is 0 Å². The fourth-order valence-electron chi connectivity index (χ4n) is 2.69. The SMILES string of the molecule is CC#CC(=O)N1CCC[C@@H](N(C)Cc2ccccc2)C1. The number of carbonyl (C=O) groups is 1. The number of hydrogen-bond donors (Lipinski definition) is 0. The predicted molar refractivity (Wildman–Crippen MR) is 81.0 cm³/mol. The lowest BCUT2D eigenvalue weighted by atomic mass is 10.0. The van der Waals surface area contributed by atoms with Crippen LogP contribution < -0.4 is 0 Å². The standard InChI is InChI=1S/C17H22N2O/c1-3-8-17(20)19-12-7-11-16(14-19)18(2)13-15-9-5-4-6-10-15/h4-6,9-10,16H,7,11-14H2,1-2H3/t16-/m1/s1. The maximum atomic E-state index is 11.9. The molecule has 20 heavy (non-hydrogen) atoms. The fraction of sp³-hybridized carbons (Fsp3) is 0.471. The number of amides is 1. The Kier molecular flexibility index (Phi) is 5.20. The molecule has 1 aliphatic rings. The number of likely N-dealkylation sites (tertiary alicyclic amines) is 1. The average molecular weight is 270 g/mol. The second-order valence-electron chi connectivity index (χ2n) is 5.32. The minimum absolute atomic E-state index is 0.0367. The molecule has 0 aliphatic carbocycles. The van der Waals surface area contributed by atoms with E-state index in [1.165, 1.54) is 5.56 Å². The van der Waals surface area contributed by atoms with Gasteiger partial charge in [-0.2, -0.15) is 0 Å². The number of hydrogen-bond acceptors (Lipinski definition) is 2. The minimum atomic E-state index is -0.0367. The fourth-order valence-corrected chi connectivity index (χ4v) is 2.69. The van der Waals surface area contributed by atoms with Crippen LogP contribution in [0.4, 0.5) is 0 Å². The molecule has 1 amide bonds. The van der Waals surface area contributed by atoms with E-state index in [4.69, 9.17) is 0 Å². The van der Waals surface area contributed by atoms with E-state index in [1.807, 2.05) is 11.0 Å². The predicted octanol–water partition coefficient (Wildman–Crippen LogP) is 2.13. The molecule has 3 nitrogen and oxygen atoms in total. The molecule has 0 radical (unpaired) electrons. The molecule has 0 unspecified atom stereocenters. The summed E-state index contributed by atoms with van der Waals surface area (Å²) in [5.41, 5.74) is 1.31. The van der Waals surface area contributed by atoms with Gasteiger partial charge in [-0.15, -0.1) is 0 Å². The molecule has 1 atom stereocenters. The Balaban J connectivity index is 1.94. The Labute approximate surface area is 121 Å². The van der Waals surface area contributed by atoms with Crippen molar-refractivity contribution in [3.05, 3.63) is 35.9 Å². The van der Waals surface area contributed by atoms with Crippen molar-refractivity contribution in [2.45, 2.75) is 32.4 Å². The van der Waals surface area contributed by atoms with Crippen LogP contribution in [-0.4, -0.2) is 41.9 Å². The van der Waals surface area contributed by atoms with E-state index >= 15 is 0 Å². The largest absolute Gasteiger partial charge is 0.330 e. The molecule has 1 fully saturated rings. The average Bonchev–Trinajstić information content (AvgIpc) is 2.48. The van der Waals surface area contributed by atoms with Crippen LogP contribution in [0.3, 0.4) is 0 Å². The Morgan fingerprint density at radius 2 is 2.15 bits per heavy atom. The molecule has 1 aromatic carbocycles. The number of piperidine rings is 1. The lowest BCUT2D eigenvalue weighted by Crippen LogP contribution is -2.48. The van der Waals surface area contributed by atoms with Crippen molar-refractivity contribution in [2.24, 2.45) is 0 Å². The summed E-state index contributed by atoms with van der Waals surface area (Å²) in [5, 5.41) is 0. The highest BCUT2D eigenvalue weighted by Crippen LogP contribution is 2.17. The summed E-state index contributed by atoms with van der Waals surface area (Å²) in [5.74, 6) is 5.30. The van der Waals surface area contributed by atoms with E-state index in [0.717, 1.165) is 32.5 Å². The third-order valence-electron chi connectivity index (χ3n) is 3.81. The van der Waals surface area contributed by atoms with Crippen molar-refractivity contribution >= 4 is 5.91 Å². The monoisotopic (exact) mass is 270 g/mol. The van der Waals surface area contributed by atoms with Crippen LogP contribution in [0.15, 0.2) is 30.3 Å². The highest BCUT2D eigenvalue weighted by atomic mass is 16.2. The summed E-state index contributed by atoms with van der Waals surface area (Å²) in [6.07, 6.45) is 2.20. The van der Waals surface area contributed by atoms with E-state index in [2.05, 4.69) is 48.1 Å². The van der Waals surface area contributed by atoms with Crippen molar-refractivity contribution in [2.75, 3.05) is 20.1 Å². The second kappa shape index (κ2) is 7.12. The number of nitrogens with zero attached hydrogens (tertiary/aromatic N) is 2. The molecule has 0 spiro atoms. The Morgan fingerprint density at radius 3 is 2.85 bits per heavy atom. The van der Waals surface area contributed by atoms with E-state index < -0.39 is 0 Å². The molecule has 106 valence electrons. The zero-order chi connectivity index (χ0) is 14.4. The number of carbonyl (C=O) groups excluding carboxylic acids is 1. The van der Waals surface area contributed by atoms with Crippen molar-refractivity contribution in [3.8, 4) is 11.8 Å². The van der Waals surface area contributed by atoms with Gasteiger partial charge < -0.3 is 4.90 Å². The summed E-state index contributed by atoms with van der Waals surface area (Å²) in [6, 6.07) is 10.9. The van der Waals surface area contributed by atoms with Gasteiger partial charge >= 0.3 is 0 Å². The van der Waals surface area contributed by atoms with Gasteiger partial charge in [-0.05, 0) is 38.3 Å². The highest BCUT2D eigenvalue weighted by molar-refractivity contribution is 5.93. The molecule has 0 N–H and O–H groups in total. The van der Waals surface area contributed by atoms with Gasteiger partial charge in [-0.1, -0.05) is 36.3 Å². The first-order valence-electron chi connectivity index (χ1n) is 7.16. The molecular weight excluding hydrogens is 248 g/mol. The Morgan fingerprint density at radius 1 is 1.40 bits per heavy atom. The van der Waals surface area contributed by atoms with Crippen LogP contribution in [0.25, 0.3) is 0 Å². The van der Waals surface area contributed by atoms with Gasteiger partial charge in [0.15, 0.2) is 0 Å². The molecule has 1 heterocycles. The van der Waals surface area contributed by atoms with Gasteiger partial charge in [0.05, 0.1) is 0 Å². The van der Waals surface area contributed by atoms with E-state index in [1.54, 1.807) is 6.92 Å². The van der Waals surface area contributed by atoms with Gasteiger partial charge in [0.2, 0.25) is 0 Å². The normalized spacial score (nSPS) is 18.6. The second-order valence-corrected chi connectivity index (χ2v) is 5.32. The molecule has 1 saturated heterocycles. The third-order valence-corrected chi connectivity index (χ3v) is 3.81. The lowest BCUT2D eigenvalue weighted by Gasteiger charge is -2.37. The lowest BCUT2D eigenvalue weighted by molar-refractivity contribution is -0.127. The van der Waals surface area contributed by atoms with Crippen molar-refractivity contribution < 1.29 is 4.79 Å². The zero-order valence-corrected chi connectivity index (χ0v) is 12.3. The molecule has 0 aromatic heterocycles. The molecular formula is C17H22N2O. The van der Waals surface area contributed by atoms with Crippen LogP contribution in [0, 0.1) is 11.8 Å². The first-order chi connectivity index (χ1) is 9.70. The number of rotatable bonds is 3. The van der Waals surface area contributed by atoms with E-state index in [0.29, 0.717) is 6.04 Å². The Bertz CT molecular complexity index is 501. The maximum absolute atomic E-state index is 11.9. The highest BCUT2D eigenvalue weighted by Gasteiger charge is 2.25. The molecule has 2 rings (SSSR count). The summed E-state index contributed by atoms with van der Waals surface area (Å²) >= 11 is 0. The molecule has 1 aromatic rings. The van der Waals surface area contributed by atoms with E-state index in [9.17, 15) is 4.79 Å². The molecule has 3 heteroatoms. The van der Waals surface area contributed by atoms with Gasteiger partial charge in [0, 0.05) is 25.7 Å². The number of benzene rings is 1. The van der Waals surface area contributed by atoms with Crippen LogP contribution in [0.2, 0.25) is 0 Å². The van der Waals surface area contributed by atoms with Gasteiger partial charge in [-0.3, -0.25) is 9.69 Å². The van der Waals surface area contributed by atoms with Crippen LogP contribution >= 0.6 is 0 Å². The summed E-state index contributed by atoms with van der Waals surface area (Å²) in [6.45, 7) is 4.26. The van der Waals surface area contributed by atoms with Gasteiger partial charge in [0.25, 0.3) is 5.91 Å². The topological polar surface area (TPSA) is 23.6 Å². The Hall–Kier alpha value is -1.79. The third kappa shape index (κ3) is 3.85. The van der Waals surface area contributed by atoms with Crippen LogP contribution in [0.5, 0.6) is 0 Å². The minimum Gasteiger partial charge on any atom is -0.330 e. The van der Waals surface area contributed by atoms with Gasteiger partial charge in [-0.25, -0.2) is 0 Å². The smallest absolute Gasteiger partial charge is 0.298 e. The van der Waals surface area contributed by atoms with Crippen LogP contribution in [0.1, 0.15) is 25.3 Å². The summed E-state index contributed by atoms with van der Waals surface area (Å²) < 4.78 is 0. The first kappa shape index (κ1) is 14.6. The summed E-state index contributed by atoms with van der Waals surface area (Å²) in [7, 11) is 2.14. The first-order valence-corrected chi connectivity index (χ1v) is 7.16.